The summed E-state index contributed by atoms with van der Waals surface area (Å²) in [6.45, 7) is 0.170. The van der Waals surface area contributed by atoms with E-state index >= 15 is 0 Å². The second-order valence-electron chi connectivity index (χ2n) is 3.80. The summed E-state index contributed by atoms with van der Waals surface area (Å²) in [5, 5.41) is 0.378. The maximum atomic E-state index is 13.5. The van der Waals surface area contributed by atoms with Crippen LogP contribution in [0.25, 0.3) is 0 Å². The van der Waals surface area contributed by atoms with Crippen molar-refractivity contribution in [2.45, 2.75) is 12.5 Å². The summed E-state index contributed by atoms with van der Waals surface area (Å²) in [5.74, 6) is 0.782. The molecule has 0 aliphatic carbocycles. The number of benzene rings is 2. The Morgan fingerprint density at radius 3 is 2.39 bits per heavy atom. The van der Waals surface area contributed by atoms with Gasteiger partial charge in [0.2, 0.25) is 0 Å². The van der Waals surface area contributed by atoms with E-state index in [4.69, 9.17) is 27.9 Å². The fourth-order valence-corrected chi connectivity index (χ4v) is 1.81. The highest BCUT2D eigenvalue weighted by atomic mass is 35.5. The van der Waals surface area contributed by atoms with Crippen molar-refractivity contribution in [3.05, 3.63) is 64.4 Å². The molecule has 0 N–H and O–H groups in total. The second kappa shape index (κ2) is 6.07. The van der Waals surface area contributed by atoms with E-state index in [2.05, 4.69) is 0 Å². The summed E-state index contributed by atoms with van der Waals surface area (Å²) >= 11 is 11.4. The number of rotatable bonds is 4. The van der Waals surface area contributed by atoms with Crippen molar-refractivity contribution >= 4 is 23.2 Å². The SMILES string of the molecule is Fc1cc(Cl)ccc1COc1ccc(CCl)cc1. The lowest BCUT2D eigenvalue weighted by Gasteiger charge is -2.07. The minimum absolute atomic E-state index is 0.170. The molecule has 2 rings (SSSR count). The molecule has 0 atom stereocenters. The topological polar surface area (TPSA) is 9.23 Å². The first-order valence-corrected chi connectivity index (χ1v) is 6.32. The maximum Gasteiger partial charge on any atom is 0.131 e. The van der Waals surface area contributed by atoms with Gasteiger partial charge in [0.15, 0.2) is 0 Å². The highest BCUT2D eigenvalue weighted by Gasteiger charge is 2.04. The molecule has 0 saturated carbocycles. The Kier molecular flexibility index (Phi) is 4.45. The predicted molar refractivity (Wildman–Crippen MR) is 71.7 cm³/mol. The molecular weight excluding hydrogens is 274 g/mol. The van der Waals surface area contributed by atoms with E-state index in [9.17, 15) is 4.39 Å². The highest BCUT2D eigenvalue weighted by Crippen LogP contribution is 2.18. The van der Waals surface area contributed by atoms with Crippen LogP contribution in [0.15, 0.2) is 42.5 Å². The van der Waals surface area contributed by atoms with Crippen LogP contribution in [0.2, 0.25) is 5.02 Å². The Balaban J connectivity index is 2.02. The van der Waals surface area contributed by atoms with Crippen molar-refractivity contribution in [2.75, 3.05) is 0 Å². The van der Waals surface area contributed by atoms with Crippen LogP contribution in [0.4, 0.5) is 4.39 Å². The quantitative estimate of drug-likeness (QED) is 0.733. The minimum atomic E-state index is -0.361. The molecule has 0 fully saturated rings. The Hall–Kier alpha value is -1.25. The standard InChI is InChI=1S/C14H11Cl2FO/c15-8-10-1-5-13(6-2-10)18-9-11-3-4-12(16)7-14(11)17/h1-7H,8-9H2. The molecule has 0 aromatic heterocycles. The zero-order chi connectivity index (χ0) is 13.0. The summed E-state index contributed by atoms with van der Waals surface area (Å²) in [7, 11) is 0. The Morgan fingerprint density at radius 1 is 1.06 bits per heavy atom. The smallest absolute Gasteiger partial charge is 0.131 e. The van der Waals surface area contributed by atoms with Gasteiger partial charge >= 0.3 is 0 Å². The molecule has 0 aliphatic rings. The van der Waals surface area contributed by atoms with E-state index in [0.29, 0.717) is 22.2 Å². The van der Waals surface area contributed by atoms with Crippen molar-refractivity contribution in [2.24, 2.45) is 0 Å². The summed E-state index contributed by atoms with van der Waals surface area (Å²) in [4.78, 5) is 0. The van der Waals surface area contributed by atoms with Crippen LogP contribution in [0.3, 0.4) is 0 Å². The summed E-state index contributed by atoms with van der Waals surface area (Å²) in [6.07, 6.45) is 0. The van der Waals surface area contributed by atoms with Gasteiger partial charge < -0.3 is 4.74 Å². The van der Waals surface area contributed by atoms with Crippen LogP contribution >= 0.6 is 23.2 Å². The molecular formula is C14H11Cl2FO. The molecule has 0 aliphatic heterocycles. The van der Waals surface area contributed by atoms with Crippen LogP contribution in [-0.4, -0.2) is 0 Å². The van der Waals surface area contributed by atoms with Crippen molar-refractivity contribution in [1.82, 2.24) is 0 Å². The average Bonchev–Trinajstić information content (AvgIpc) is 2.38. The van der Waals surface area contributed by atoms with Crippen LogP contribution in [0.1, 0.15) is 11.1 Å². The first-order valence-electron chi connectivity index (χ1n) is 5.40. The van der Waals surface area contributed by atoms with Gasteiger partial charge in [-0.15, -0.1) is 11.6 Å². The van der Waals surface area contributed by atoms with Gasteiger partial charge in [-0.25, -0.2) is 4.39 Å². The van der Waals surface area contributed by atoms with Gasteiger partial charge in [-0.3, -0.25) is 0 Å². The zero-order valence-electron chi connectivity index (χ0n) is 9.50. The van der Waals surface area contributed by atoms with Gasteiger partial charge in [0.05, 0.1) is 0 Å². The summed E-state index contributed by atoms with van der Waals surface area (Å²) in [6, 6.07) is 11.9. The Bertz CT molecular complexity index is 526. The molecule has 0 unspecified atom stereocenters. The lowest BCUT2D eigenvalue weighted by atomic mass is 10.2. The number of alkyl halides is 1. The fraction of sp³-hybridized carbons (Fsp3) is 0.143. The molecule has 2 aromatic rings. The summed E-state index contributed by atoms with van der Waals surface area (Å²) < 4.78 is 19.0. The number of ether oxygens (including phenoxy) is 1. The van der Waals surface area contributed by atoms with Gasteiger partial charge in [-0.1, -0.05) is 29.8 Å². The van der Waals surface area contributed by atoms with Gasteiger partial charge in [-0.05, 0) is 29.8 Å². The molecule has 18 heavy (non-hydrogen) atoms. The third-order valence-corrected chi connectivity index (χ3v) is 3.03. The summed E-state index contributed by atoms with van der Waals surface area (Å²) in [5.41, 5.74) is 1.49. The van der Waals surface area contributed by atoms with Crippen molar-refractivity contribution in [3.8, 4) is 5.75 Å². The molecule has 0 saturated heterocycles. The molecule has 0 heterocycles. The Morgan fingerprint density at radius 2 is 1.78 bits per heavy atom. The molecule has 2 aromatic carbocycles. The predicted octanol–water partition coefficient (Wildman–Crippen LogP) is 4.80. The van der Waals surface area contributed by atoms with E-state index in [1.165, 1.54) is 6.07 Å². The van der Waals surface area contributed by atoms with E-state index < -0.39 is 0 Å². The van der Waals surface area contributed by atoms with Crippen molar-refractivity contribution in [1.29, 1.82) is 0 Å². The Labute approximate surface area is 115 Å². The number of hydrogen-bond donors (Lipinski definition) is 0. The van der Waals surface area contributed by atoms with Crippen LogP contribution in [-0.2, 0) is 12.5 Å². The number of hydrogen-bond acceptors (Lipinski definition) is 1. The van der Waals surface area contributed by atoms with Gasteiger partial charge in [0.1, 0.15) is 18.2 Å². The lowest BCUT2D eigenvalue weighted by molar-refractivity contribution is 0.300. The number of halogens is 3. The molecule has 94 valence electrons. The maximum absolute atomic E-state index is 13.5. The van der Waals surface area contributed by atoms with Gasteiger partial charge in [-0.2, -0.15) is 0 Å². The second-order valence-corrected chi connectivity index (χ2v) is 4.51. The molecule has 4 heteroatoms. The molecule has 0 spiro atoms. The first kappa shape index (κ1) is 13.2. The lowest BCUT2D eigenvalue weighted by Crippen LogP contribution is -1.98. The van der Waals surface area contributed by atoms with Crippen LogP contribution in [0.5, 0.6) is 5.75 Å². The van der Waals surface area contributed by atoms with Crippen molar-refractivity contribution < 1.29 is 9.13 Å². The molecule has 0 radical (unpaired) electrons. The monoisotopic (exact) mass is 284 g/mol. The van der Waals surface area contributed by atoms with Crippen LogP contribution < -0.4 is 4.74 Å². The van der Waals surface area contributed by atoms with E-state index in [1.54, 1.807) is 12.1 Å². The highest BCUT2D eigenvalue weighted by molar-refractivity contribution is 6.30. The van der Waals surface area contributed by atoms with Crippen molar-refractivity contribution in [3.63, 3.8) is 0 Å². The fourth-order valence-electron chi connectivity index (χ4n) is 1.47. The van der Waals surface area contributed by atoms with E-state index in [-0.39, 0.29) is 12.4 Å². The molecule has 1 nitrogen and oxygen atoms in total. The third-order valence-electron chi connectivity index (χ3n) is 2.49. The van der Waals surface area contributed by atoms with Gasteiger partial charge in [0, 0.05) is 16.5 Å². The molecule has 0 bridgehead atoms. The normalized spacial score (nSPS) is 10.4. The zero-order valence-corrected chi connectivity index (χ0v) is 11.0. The van der Waals surface area contributed by atoms with E-state index in [1.807, 2.05) is 24.3 Å². The average molecular weight is 285 g/mol. The molecule has 0 amide bonds. The largest absolute Gasteiger partial charge is 0.489 e. The van der Waals surface area contributed by atoms with E-state index in [0.717, 1.165) is 5.56 Å². The third kappa shape index (κ3) is 3.37. The van der Waals surface area contributed by atoms with Crippen LogP contribution in [0, 0.1) is 5.82 Å². The first-order chi connectivity index (χ1) is 8.69. The minimum Gasteiger partial charge on any atom is -0.489 e. The van der Waals surface area contributed by atoms with Gasteiger partial charge in [0.25, 0.3) is 0 Å².